The van der Waals surface area contributed by atoms with E-state index in [4.69, 9.17) is 5.26 Å². The van der Waals surface area contributed by atoms with Crippen molar-refractivity contribution in [2.24, 2.45) is 0 Å². The summed E-state index contributed by atoms with van der Waals surface area (Å²) in [6, 6.07) is 9.12. The minimum Gasteiger partial charge on any atom is -0.391 e. The molecular formula is C17H21N3O2. The maximum atomic E-state index is 12.5. The molecule has 3 rings (SSSR count). The molecule has 1 N–H and O–H groups in total. The van der Waals surface area contributed by atoms with Crippen molar-refractivity contribution in [2.75, 3.05) is 26.2 Å². The monoisotopic (exact) mass is 299 g/mol. The van der Waals surface area contributed by atoms with Gasteiger partial charge in [-0.25, -0.2) is 0 Å². The number of nitrogens with zero attached hydrogens (tertiary/aromatic N) is 3. The second-order valence-corrected chi connectivity index (χ2v) is 6.08. The second kappa shape index (κ2) is 6.47. The van der Waals surface area contributed by atoms with Gasteiger partial charge in [-0.2, -0.15) is 5.26 Å². The summed E-state index contributed by atoms with van der Waals surface area (Å²) >= 11 is 0. The summed E-state index contributed by atoms with van der Waals surface area (Å²) in [6.45, 7) is 3.04. The van der Waals surface area contributed by atoms with Crippen LogP contribution in [0.3, 0.4) is 0 Å². The summed E-state index contributed by atoms with van der Waals surface area (Å²) in [7, 11) is 0. The Balaban J connectivity index is 1.58. The van der Waals surface area contributed by atoms with Crippen LogP contribution in [0.15, 0.2) is 24.3 Å². The Bertz CT molecular complexity index is 571. The van der Waals surface area contributed by atoms with Crippen LogP contribution in [0.1, 0.15) is 35.2 Å². The van der Waals surface area contributed by atoms with E-state index in [9.17, 15) is 9.90 Å². The molecule has 1 heterocycles. The summed E-state index contributed by atoms with van der Waals surface area (Å²) < 4.78 is 0. The smallest absolute Gasteiger partial charge is 0.253 e. The number of benzene rings is 1. The Hall–Kier alpha value is -1.90. The van der Waals surface area contributed by atoms with Crippen LogP contribution in [-0.2, 0) is 0 Å². The summed E-state index contributed by atoms with van der Waals surface area (Å²) in [6.07, 6.45) is 2.84. The molecular weight excluding hydrogens is 278 g/mol. The largest absolute Gasteiger partial charge is 0.391 e. The van der Waals surface area contributed by atoms with Gasteiger partial charge in [0.15, 0.2) is 0 Å². The summed E-state index contributed by atoms with van der Waals surface area (Å²) in [5, 5.41) is 18.8. The van der Waals surface area contributed by atoms with Gasteiger partial charge in [0.1, 0.15) is 0 Å². The number of hydrogen-bond acceptors (Lipinski definition) is 4. The van der Waals surface area contributed by atoms with Crippen molar-refractivity contribution in [1.82, 2.24) is 9.80 Å². The zero-order valence-corrected chi connectivity index (χ0v) is 12.6. The van der Waals surface area contributed by atoms with Gasteiger partial charge < -0.3 is 10.0 Å². The molecule has 0 unspecified atom stereocenters. The van der Waals surface area contributed by atoms with Gasteiger partial charge in [-0.05, 0) is 43.5 Å². The predicted molar refractivity (Wildman–Crippen MR) is 82.3 cm³/mol. The van der Waals surface area contributed by atoms with Crippen molar-refractivity contribution in [3.8, 4) is 6.07 Å². The standard InChI is InChI=1S/C17H21N3O2/c18-12-13-4-6-14(7-5-13)17(22)20-10-8-19(9-11-20)15-2-1-3-16(15)21/h4-7,15-16,21H,1-3,8-11H2/t15-,16+/m0/s1. The Labute approximate surface area is 130 Å². The quantitative estimate of drug-likeness (QED) is 0.892. The fourth-order valence-corrected chi connectivity index (χ4v) is 3.47. The lowest BCUT2D eigenvalue weighted by Crippen LogP contribution is -2.53. The highest BCUT2D eigenvalue weighted by atomic mass is 16.3. The first-order valence-electron chi connectivity index (χ1n) is 7.90. The van der Waals surface area contributed by atoms with Gasteiger partial charge in [0.05, 0.1) is 17.7 Å². The number of carbonyl (C=O) groups is 1. The molecule has 1 aromatic rings. The van der Waals surface area contributed by atoms with Gasteiger partial charge in [-0.3, -0.25) is 9.69 Å². The van der Waals surface area contributed by atoms with Crippen LogP contribution >= 0.6 is 0 Å². The lowest BCUT2D eigenvalue weighted by atomic mass is 10.1. The second-order valence-electron chi connectivity index (χ2n) is 6.08. The number of nitriles is 1. The molecule has 1 aliphatic heterocycles. The SMILES string of the molecule is N#Cc1ccc(C(=O)N2CCN([C@H]3CCC[C@H]3O)CC2)cc1. The number of aliphatic hydroxyl groups is 1. The summed E-state index contributed by atoms with van der Waals surface area (Å²) in [4.78, 5) is 16.6. The highest BCUT2D eigenvalue weighted by molar-refractivity contribution is 5.94. The molecule has 116 valence electrons. The molecule has 0 bridgehead atoms. The first-order chi connectivity index (χ1) is 10.7. The van der Waals surface area contributed by atoms with Crippen LogP contribution in [0, 0.1) is 11.3 Å². The fraction of sp³-hybridized carbons (Fsp3) is 0.529. The Morgan fingerprint density at radius 3 is 2.36 bits per heavy atom. The average Bonchev–Trinajstić information content (AvgIpc) is 3.00. The van der Waals surface area contributed by atoms with Crippen molar-refractivity contribution in [3.05, 3.63) is 35.4 Å². The molecule has 1 saturated carbocycles. The normalized spacial score (nSPS) is 25.9. The number of carbonyl (C=O) groups excluding carboxylic acids is 1. The highest BCUT2D eigenvalue weighted by Crippen LogP contribution is 2.25. The molecule has 1 amide bonds. The minimum absolute atomic E-state index is 0.0242. The number of aliphatic hydroxyl groups excluding tert-OH is 1. The number of hydrogen-bond donors (Lipinski definition) is 1. The molecule has 1 saturated heterocycles. The zero-order valence-electron chi connectivity index (χ0n) is 12.6. The van der Waals surface area contributed by atoms with Gasteiger partial charge in [-0.15, -0.1) is 0 Å². The number of piperazine rings is 1. The van der Waals surface area contributed by atoms with E-state index in [1.807, 2.05) is 4.90 Å². The first-order valence-corrected chi connectivity index (χ1v) is 7.90. The van der Waals surface area contributed by atoms with E-state index in [2.05, 4.69) is 11.0 Å². The average molecular weight is 299 g/mol. The molecule has 2 atom stereocenters. The van der Waals surface area contributed by atoms with Crippen LogP contribution in [0.5, 0.6) is 0 Å². The predicted octanol–water partition coefficient (Wildman–Crippen LogP) is 1.23. The molecule has 2 aliphatic rings. The van der Waals surface area contributed by atoms with Crippen LogP contribution in [0.25, 0.3) is 0 Å². The van der Waals surface area contributed by atoms with E-state index in [-0.39, 0.29) is 18.1 Å². The lowest BCUT2D eigenvalue weighted by Gasteiger charge is -2.39. The van der Waals surface area contributed by atoms with Crippen LogP contribution in [0.2, 0.25) is 0 Å². The van der Waals surface area contributed by atoms with Crippen molar-refractivity contribution in [1.29, 1.82) is 5.26 Å². The maximum Gasteiger partial charge on any atom is 0.253 e. The molecule has 0 aromatic heterocycles. The van der Waals surface area contributed by atoms with E-state index in [1.165, 1.54) is 0 Å². The maximum absolute atomic E-state index is 12.5. The summed E-state index contributed by atoms with van der Waals surface area (Å²) in [5.41, 5.74) is 1.20. The third-order valence-electron chi connectivity index (χ3n) is 4.78. The Morgan fingerprint density at radius 1 is 1.14 bits per heavy atom. The molecule has 1 aliphatic carbocycles. The molecule has 5 heteroatoms. The van der Waals surface area contributed by atoms with Gasteiger partial charge in [0, 0.05) is 37.8 Å². The van der Waals surface area contributed by atoms with Gasteiger partial charge in [0.25, 0.3) is 5.91 Å². The van der Waals surface area contributed by atoms with E-state index in [0.717, 1.165) is 32.4 Å². The Kier molecular flexibility index (Phi) is 4.41. The van der Waals surface area contributed by atoms with Crippen molar-refractivity contribution in [2.45, 2.75) is 31.4 Å². The van der Waals surface area contributed by atoms with Crippen molar-refractivity contribution < 1.29 is 9.90 Å². The third-order valence-corrected chi connectivity index (χ3v) is 4.78. The van der Waals surface area contributed by atoms with Gasteiger partial charge in [-0.1, -0.05) is 0 Å². The minimum atomic E-state index is -0.208. The highest BCUT2D eigenvalue weighted by Gasteiger charge is 2.33. The molecule has 2 fully saturated rings. The van der Waals surface area contributed by atoms with Gasteiger partial charge in [0.2, 0.25) is 0 Å². The molecule has 0 radical (unpaired) electrons. The van der Waals surface area contributed by atoms with Crippen LogP contribution < -0.4 is 0 Å². The first kappa shape index (κ1) is 15.0. The molecule has 22 heavy (non-hydrogen) atoms. The van der Waals surface area contributed by atoms with Crippen LogP contribution in [0.4, 0.5) is 0 Å². The van der Waals surface area contributed by atoms with Crippen molar-refractivity contribution in [3.63, 3.8) is 0 Å². The molecule has 0 spiro atoms. The topological polar surface area (TPSA) is 67.6 Å². The van der Waals surface area contributed by atoms with E-state index in [0.29, 0.717) is 24.2 Å². The third kappa shape index (κ3) is 2.99. The zero-order chi connectivity index (χ0) is 15.5. The molecule has 1 aromatic carbocycles. The van der Waals surface area contributed by atoms with E-state index >= 15 is 0 Å². The van der Waals surface area contributed by atoms with E-state index in [1.54, 1.807) is 24.3 Å². The van der Waals surface area contributed by atoms with Gasteiger partial charge >= 0.3 is 0 Å². The fourth-order valence-electron chi connectivity index (χ4n) is 3.47. The van der Waals surface area contributed by atoms with Crippen LogP contribution in [-0.4, -0.2) is 59.1 Å². The lowest BCUT2D eigenvalue weighted by molar-refractivity contribution is 0.0315. The molecule has 5 nitrogen and oxygen atoms in total. The Morgan fingerprint density at radius 2 is 1.82 bits per heavy atom. The number of amides is 1. The van der Waals surface area contributed by atoms with Crippen molar-refractivity contribution >= 4 is 5.91 Å². The number of rotatable bonds is 2. The van der Waals surface area contributed by atoms with E-state index < -0.39 is 0 Å². The summed E-state index contributed by atoms with van der Waals surface area (Å²) in [5.74, 6) is 0.0242.